The van der Waals surface area contributed by atoms with E-state index < -0.39 is 8.77 Å². The van der Waals surface area contributed by atoms with Crippen LogP contribution in [0.15, 0.2) is 0 Å². The molecule has 0 saturated carbocycles. The van der Waals surface area contributed by atoms with E-state index >= 15 is 0 Å². The summed E-state index contributed by atoms with van der Waals surface area (Å²) in [6, 6.07) is 0. The lowest BCUT2D eigenvalue weighted by atomic mass is 10.8. The monoisotopic (exact) mass is 150 g/mol. The fourth-order valence-corrected chi connectivity index (χ4v) is 0.568. The highest BCUT2D eigenvalue weighted by Gasteiger charge is 1.91. The van der Waals surface area contributed by atoms with E-state index in [0.29, 0.717) is 0 Å². The SMILES string of the molecule is C#CCOS(C)(=O)=S. The first-order valence-corrected chi connectivity index (χ1v) is 4.66. The van der Waals surface area contributed by atoms with Gasteiger partial charge in [0.05, 0.1) is 0 Å². The number of terminal acetylenes is 1. The van der Waals surface area contributed by atoms with E-state index in [9.17, 15) is 4.21 Å². The summed E-state index contributed by atoms with van der Waals surface area (Å²) >= 11 is 4.36. The van der Waals surface area contributed by atoms with Gasteiger partial charge in [-0.1, -0.05) is 5.92 Å². The van der Waals surface area contributed by atoms with Crippen LogP contribution in [-0.2, 0) is 24.1 Å². The summed E-state index contributed by atoms with van der Waals surface area (Å²) < 4.78 is 14.9. The number of hydrogen-bond acceptors (Lipinski definition) is 3. The molecule has 0 N–H and O–H groups in total. The van der Waals surface area contributed by atoms with Crippen LogP contribution in [0.25, 0.3) is 0 Å². The molecule has 4 heteroatoms. The van der Waals surface area contributed by atoms with E-state index in [2.05, 4.69) is 21.3 Å². The van der Waals surface area contributed by atoms with Crippen LogP contribution in [0.1, 0.15) is 0 Å². The Balaban J connectivity index is 3.63. The fraction of sp³-hybridized carbons (Fsp3) is 0.500. The molecular weight excluding hydrogens is 144 g/mol. The van der Waals surface area contributed by atoms with Crippen molar-refractivity contribution >= 4 is 20.0 Å². The average Bonchev–Trinajstić information content (AvgIpc) is 1.59. The first-order valence-electron chi connectivity index (χ1n) is 1.84. The maximum atomic E-state index is 10.4. The van der Waals surface area contributed by atoms with Crippen molar-refractivity contribution in [2.75, 3.05) is 12.9 Å². The molecule has 0 fully saturated rings. The van der Waals surface area contributed by atoms with Crippen LogP contribution in [0, 0.1) is 12.3 Å². The van der Waals surface area contributed by atoms with Crippen molar-refractivity contribution in [3.8, 4) is 12.3 Å². The summed E-state index contributed by atoms with van der Waals surface area (Å²) in [5.74, 6) is 2.16. The maximum Gasteiger partial charge on any atom is 0.141 e. The van der Waals surface area contributed by atoms with Crippen molar-refractivity contribution in [2.24, 2.45) is 0 Å². The molecule has 1 unspecified atom stereocenters. The van der Waals surface area contributed by atoms with Gasteiger partial charge in [0.2, 0.25) is 0 Å². The molecule has 0 aromatic rings. The lowest BCUT2D eigenvalue weighted by molar-refractivity contribution is 0.404. The van der Waals surface area contributed by atoms with Crippen LogP contribution < -0.4 is 0 Å². The second kappa shape index (κ2) is 3.02. The highest BCUT2D eigenvalue weighted by Crippen LogP contribution is 1.83. The van der Waals surface area contributed by atoms with Crippen molar-refractivity contribution in [3.05, 3.63) is 0 Å². The third kappa shape index (κ3) is 5.89. The Hall–Kier alpha value is -0.110. The van der Waals surface area contributed by atoms with Gasteiger partial charge in [-0.15, -0.1) is 6.42 Å². The Morgan fingerprint density at radius 2 is 2.50 bits per heavy atom. The molecule has 8 heavy (non-hydrogen) atoms. The zero-order valence-electron chi connectivity index (χ0n) is 4.42. The predicted molar refractivity (Wildman–Crippen MR) is 36.2 cm³/mol. The van der Waals surface area contributed by atoms with E-state index in [4.69, 9.17) is 6.42 Å². The quantitative estimate of drug-likeness (QED) is 0.515. The molecule has 0 heterocycles. The Bertz CT molecular complexity index is 185. The third-order valence-corrected chi connectivity index (χ3v) is 1.19. The van der Waals surface area contributed by atoms with E-state index in [1.807, 2.05) is 0 Å². The van der Waals surface area contributed by atoms with Crippen LogP contribution in [0.2, 0.25) is 0 Å². The van der Waals surface area contributed by atoms with Gasteiger partial charge in [-0.25, -0.2) is 4.21 Å². The topological polar surface area (TPSA) is 26.3 Å². The van der Waals surface area contributed by atoms with Gasteiger partial charge < -0.3 is 0 Å². The minimum absolute atomic E-state index is 0.0266. The van der Waals surface area contributed by atoms with Crippen LogP contribution >= 0.6 is 0 Å². The van der Waals surface area contributed by atoms with Gasteiger partial charge in [0.25, 0.3) is 0 Å². The average molecular weight is 150 g/mol. The first kappa shape index (κ1) is 7.89. The minimum Gasteiger partial charge on any atom is -0.277 e. The molecule has 0 aliphatic heterocycles. The zero-order chi connectivity index (χ0) is 6.62. The highest BCUT2D eigenvalue weighted by molar-refractivity contribution is 8.29. The molecule has 2 nitrogen and oxygen atoms in total. The molecular formula is C4H6O2S2. The Labute approximate surface area is 54.1 Å². The molecule has 0 amide bonds. The zero-order valence-corrected chi connectivity index (χ0v) is 6.05. The third-order valence-electron chi connectivity index (χ3n) is 0.356. The Kier molecular flexibility index (Phi) is 2.98. The molecule has 0 aliphatic rings. The van der Waals surface area contributed by atoms with Crippen LogP contribution in [0.5, 0.6) is 0 Å². The number of rotatable bonds is 2. The van der Waals surface area contributed by atoms with Crippen LogP contribution in [0.3, 0.4) is 0 Å². The Morgan fingerprint density at radius 3 is 2.62 bits per heavy atom. The van der Waals surface area contributed by atoms with E-state index in [1.165, 1.54) is 6.26 Å². The van der Waals surface area contributed by atoms with Crippen molar-refractivity contribution in [1.29, 1.82) is 0 Å². The summed E-state index contributed by atoms with van der Waals surface area (Å²) in [4.78, 5) is 0. The van der Waals surface area contributed by atoms with E-state index in [0.717, 1.165) is 0 Å². The lowest BCUT2D eigenvalue weighted by Crippen LogP contribution is -2.00. The standard InChI is InChI=1S/C4H6O2S2/c1-3-4-6-8(2,5)7/h1H,4H2,2H3. The Morgan fingerprint density at radius 1 is 2.00 bits per heavy atom. The molecule has 0 spiro atoms. The molecule has 0 saturated heterocycles. The maximum absolute atomic E-state index is 10.4. The van der Waals surface area contributed by atoms with Gasteiger partial charge in [0.1, 0.15) is 15.4 Å². The van der Waals surface area contributed by atoms with Crippen molar-refractivity contribution in [3.63, 3.8) is 0 Å². The lowest BCUT2D eigenvalue weighted by Gasteiger charge is -1.94. The molecule has 0 aromatic heterocycles. The second-order valence-corrected chi connectivity index (χ2v) is 4.63. The second-order valence-electron chi connectivity index (χ2n) is 1.17. The molecule has 0 rings (SSSR count). The van der Waals surface area contributed by atoms with Gasteiger partial charge in [-0.3, -0.25) is 4.18 Å². The first-order chi connectivity index (χ1) is 3.56. The van der Waals surface area contributed by atoms with E-state index in [-0.39, 0.29) is 6.61 Å². The van der Waals surface area contributed by atoms with E-state index in [1.54, 1.807) is 0 Å². The molecule has 1 atom stereocenters. The normalized spacial score (nSPS) is 16.5. The minimum atomic E-state index is -2.50. The summed E-state index contributed by atoms with van der Waals surface area (Å²) in [7, 11) is -2.50. The number of hydrogen-bond donors (Lipinski definition) is 0. The highest BCUT2D eigenvalue weighted by atomic mass is 32.8. The summed E-state index contributed by atoms with van der Waals surface area (Å²) in [5, 5.41) is 0. The van der Waals surface area contributed by atoms with Gasteiger partial charge in [0.15, 0.2) is 0 Å². The summed E-state index contributed by atoms with van der Waals surface area (Å²) in [5.41, 5.74) is 0. The van der Waals surface area contributed by atoms with Crippen molar-refractivity contribution in [1.82, 2.24) is 0 Å². The largest absolute Gasteiger partial charge is 0.277 e. The van der Waals surface area contributed by atoms with Crippen molar-refractivity contribution in [2.45, 2.75) is 0 Å². The molecule has 0 radical (unpaired) electrons. The van der Waals surface area contributed by atoms with Gasteiger partial charge in [0, 0.05) is 17.4 Å². The predicted octanol–water partition coefficient (Wildman–Crippen LogP) is -0.0727. The van der Waals surface area contributed by atoms with Crippen molar-refractivity contribution < 1.29 is 8.39 Å². The molecule has 0 aliphatic carbocycles. The van der Waals surface area contributed by atoms with Gasteiger partial charge in [-0.2, -0.15) is 0 Å². The molecule has 0 bridgehead atoms. The molecule has 46 valence electrons. The smallest absolute Gasteiger partial charge is 0.141 e. The molecule has 0 aromatic carbocycles. The fourth-order valence-electron chi connectivity index (χ4n) is 0.141. The van der Waals surface area contributed by atoms with Crippen LogP contribution in [0.4, 0.5) is 0 Å². The summed E-state index contributed by atoms with van der Waals surface area (Å²) in [6.45, 7) is 0.0266. The van der Waals surface area contributed by atoms with Gasteiger partial charge >= 0.3 is 0 Å². The summed E-state index contributed by atoms with van der Waals surface area (Å²) in [6.07, 6.45) is 6.11. The van der Waals surface area contributed by atoms with Gasteiger partial charge in [-0.05, 0) is 0 Å². The van der Waals surface area contributed by atoms with Crippen LogP contribution in [-0.4, -0.2) is 17.1 Å².